The molecule has 0 aliphatic carbocycles. The van der Waals surface area contributed by atoms with Crippen LogP contribution in [-0.4, -0.2) is 68.4 Å². The smallest absolute Gasteiger partial charge is 0.303 e. The molecule has 1 heterocycles. The van der Waals surface area contributed by atoms with Crippen LogP contribution in [0.4, 0.5) is 0 Å². The van der Waals surface area contributed by atoms with Crippen LogP contribution < -0.4 is 0 Å². The van der Waals surface area contributed by atoms with Gasteiger partial charge in [-0.25, -0.2) is 0 Å². The summed E-state index contributed by atoms with van der Waals surface area (Å²) in [5.74, 6) is -1.60. The Labute approximate surface area is 261 Å². The first-order valence-corrected chi connectivity index (χ1v) is 17.2. The van der Waals surface area contributed by atoms with Crippen LogP contribution in [0, 0.1) is 0 Å². The van der Waals surface area contributed by atoms with Gasteiger partial charge in [0.2, 0.25) is 0 Å². The van der Waals surface area contributed by atoms with Crippen molar-refractivity contribution in [2.24, 2.45) is 0 Å². The van der Waals surface area contributed by atoms with E-state index in [4.69, 9.17) is 28.4 Å². The molecular weight excluding hydrogens is 552 g/mol. The summed E-state index contributed by atoms with van der Waals surface area (Å²) < 4.78 is 35.1. The fourth-order valence-corrected chi connectivity index (χ4v) is 5.43. The van der Waals surface area contributed by atoms with Gasteiger partial charge in [0.15, 0.2) is 18.5 Å². The summed E-state index contributed by atoms with van der Waals surface area (Å²) >= 11 is 0. The third-order valence-electron chi connectivity index (χ3n) is 7.73. The molecule has 1 aliphatic heterocycles. The molecule has 5 atom stereocenters. The van der Waals surface area contributed by atoms with E-state index in [0.717, 1.165) is 38.5 Å². The molecule has 0 aromatic rings. The first kappa shape index (κ1) is 39.3. The van der Waals surface area contributed by atoms with Crippen LogP contribution in [-0.2, 0) is 42.8 Å². The van der Waals surface area contributed by atoms with Gasteiger partial charge in [-0.1, -0.05) is 117 Å². The number of esters is 3. The molecule has 0 bridgehead atoms. The Morgan fingerprint density at radius 3 is 1.37 bits per heavy atom. The molecule has 252 valence electrons. The zero-order chi connectivity index (χ0) is 31.7. The van der Waals surface area contributed by atoms with Gasteiger partial charge in [-0.15, -0.1) is 0 Å². The molecule has 1 aliphatic rings. The quantitative estimate of drug-likeness (QED) is 0.0553. The summed E-state index contributed by atoms with van der Waals surface area (Å²) in [4.78, 5) is 35.8. The molecule has 0 aromatic heterocycles. The molecule has 1 fully saturated rings. The zero-order valence-electron chi connectivity index (χ0n) is 27.9. The van der Waals surface area contributed by atoms with Crippen LogP contribution in [0.15, 0.2) is 0 Å². The van der Waals surface area contributed by atoms with E-state index in [9.17, 15) is 14.4 Å². The molecule has 43 heavy (non-hydrogen) atoms. The van der Waals surface area contributed by atoms with E-state index in [0.29, 0.717) is 13.2 Å². The van der Waals surface area contributed by atoms with Crippen LogP contribution in [0.1, 0.15) is 150 Å². The summed E-state index contributed by atoms with van der Waals surface area (Å²) in [5.41, 5.74) is 0. The second kappa shape index (κ2) is 25.6. The lowest BCUT2D eigenvalue weighted by molar-refractivity contribution is -0.313. The standard InChI is InChI=1S/C34H62O9/c1-6-8-10-12-14-16-17-19-21-23-25-39-34-33(38-24-22-20-18-15-13-11-9-7-2)32(42-29(5)37)31(41-28(4)36)30(43-34)26-40-27(3)35/h30-34H,6-26H2,1-5H3/t30-,31-,32+,33-,34?/m1/s1. The molecule has 0 spiro atoms. The van der Waals surface area contributed by atoms with Gasteiger partial charge in [0, 0.05) is 34.0 Å². The Bertz CT molecular complexity index is 729. The Kier molecular flexibility index (Phi) is 23.4. The summed E-state index contributed by atoms with van der Waals surface area (Å²) in [6, 6.07) is 0. The van der Waals surface area contributed by atoms with E-state index in [2.05, 4.69) is 13.8 Å². The highest BCUT2D eigenvalue weighted by Gasteiger charge is 2.51. The minimum atomic E-state index is -1.01. The summed E-state index contributed by atoms with van der Waals surface area (Å²) in [5, 5.41) is 0. The molecule has 0 amide bonds. The number of unbranched alkanes of at least 4 members (excludes halogenated alkanes) is 16. The number of hydrogen-bond acceptors (Lipinski definition) is 9. The topological polar surface area (TPSA) is 107 Å². The Hall–Kier alpha value is -1.71. The van der Waals surface area contributed by atoms with Gasteiger partial charge in [0.05, 0.1) is 0 Å². The summed E-state index contributed by atoms with van der Waals surface area (Å²) in [6.45, 7) is 9.03. The van der Waals surface area contributed by atoms with Gasteiger partial charge in [0.25, 0.3) is 0 Å². The zero-order valence-corrected chi connectivity index (χ0v) is 27.9. The monoisotopic (exact) mass is 614 g/mol. The predicted molar refractivity (Wildman–Crippen MR) is 167 cm³/mol. The predicted octanol–water partition coefficient (Wildman–Crippen LogP) is 7.60. The van der Waals surface area contributed by atoms with Gasteiger partial charge in [0.1, 0.15) is 18.8 Å². The van der Waals surface area contributed by atoms with Gasteiger partial charge in [-0.3, -0.25) is 14.4 Å². The van der Waals surface area contributed by atoms with E-state index < -0.39 is 48.6 Å². The Balaban J connectivity index is 2.79. The molecule has 1 unspecified atom stereocenters. The number of carbonyl (C=O) groups is 3. The second-order valence-corrected chi connectivity index (χ2v) is 11.9. The lowest BCUT2D eigenvalue weighted by atomic mass is 9.98. The van der Waals surface area contributed by atoms with Crippen molar-refractivity contribution in [2.45, 2.75) is 181 Å². The molecular formula is C34H62O9. The summed E-state index contributed by atoms with van der Waals surface area (Å²) in [7, 11) is 0. The molecule has 0 aromatic carbocycles. The van der Waals surface area contributed by atoms with Crippen molar-refractivity contribution in [3.63, 3.8) is 0 Å². The number of carbonyl (C=O) groups excluding carboxylic acids is 3. The third kappa shape index (κ3) is 19.3. The SMILES string of the molecule is CCCCCCCCCCCCOC1O[C@H](COC(C)=O)[C@@H](OC(C)=O)[C@H](OC(C)=O)[C@H]1OCCCCCCCCCC. The molecule has 9 heteroatoms. The number of rotatable bonds is 26. The van der Waals surface area contributed by atoms with Gasteiger partial charge in [-0.05, 0) is 12.8 Å². The van der Waals surface area contributed by atoms with Crippen LogP contribution in [0.5, 0.6) is 0 Å². The fourth-order valence-electron chi connectivity index (χ4n) is 5.43. The van der Waals surface area contributed by atoms with E-state index in [1.54, 1.807) is 0 Å². The first-order valence-electron chi connectivity index (χ1n) is 17.2. The van der Waals surface area contributed by atoms with E-state index in [-0.39, 0.29) is 6.61 Å². The lowest BCUT2D eigenvalue weighted by Gasteiger charge is -2.44. The number of ether oxygens (including phenoxy) is 6. The normalized spacial score (nSPS) is 21.8. The molecule has 1 saturated heterocycles. The van der Waals surface area contributed by atoms with Crippen LogP contribution >= 0.6 is 0 Å². The Morgan fingerprint density at radius 2 is 0.930 bits per heavy atom. The fraction of sp³-hybridized carbons (Fsp3) is 0.912. The van der Waals surface area contributed by atoms with Gasteiger partial charge >= 0.3 is 17.9 Å². The minimum Gasteiger partial charge on any atom is -0.463 e. The van der Waals surface area contributed by atoms with Crippen molar-refractivity contribution in [3.05, 3.63) is 0 Å². The highest BCUT2D eigenvalue weighted by molar-refractivity contribution is 5.67. The summed E-state index contributed by atoms with van der Waals surface area (Å²) in [6.07, 6.45) is 16.8. The number of hydrogen-bond donors (Lipinski definition) is 0. The maximum absolute atomic E-state index is 12.2. The van der Waals surface area contributed by atoms with Crippen LogP contribution in [0.3, 0.4) is 0 Å². The largest absolute Gasteiger partial charge is 0.463 e. The average Bonchev–Trinajstić information content (AvgIpc) is 2.95. The first-order chi connectivity index (χ1) is 20.8. The Morgan fingerprint density at radius 1 is 0.512 bits per heavy atom. The minimum absolute atomic E-state index is 0.173. The maximum Gasteiger partial charge on any atom is 0.303 e. The van der Waals surface area contributed by atoms with Crippen molar-refractivity contribution < 1.29 is 42.8 Å². The van der Waals surface area contributed by atoms with Crippen molar-refractivity contribution in [3.8, 4) is 0 Å². The van der Waals surface area contributed by atoms with Gasteiger partial charge in [-0.2, -0.15) is 0 Å². The molecule has 1 rings (SSSR count). The lowest BCUT2D eigenvalue weighted by Crippen LogP contribution is -2.62. The van der Waals surface area contributed by atoms with Crippen molar-refractivity contribution >= 4 is 17.9 Å². The van der Waals surface area contributed by atoms with E-state index in [1.165, 1.54) is 97.8 Å². The van der Waals surface area contributed by atoms with Crippen molar-refractivity contribution in [1.82, 2.24) is 0 Å². The average molecular weight is 615 g/mol. The molecule has 0 radical (unpaired) electrons. The third-order valence-corrected chi connectivity index (χ3v) is 7.73. The molecule has 0 saturated carbocycles. The highest BCUT2D eigenvalue weighted by atomic mass is 16.7. The maximum atomic E-state index is 12.2. The van der Waals surface area contributed by atoms with E-state index >= 15 is 0 Å². The van der Waals surface area contributed by atoms with Crippen molar-refractivity contribution in [2.75, 3.05) is 19.8 Å². The van der Waals surface area contributed by atoms with Crippen LogP contribution in [0.2, 0.25) is 0 Å². The molecule has 9 nitrogen and oxygen atoms in total. The van der Waals surface area contributed by atoms with E-state index in [1.807, 2.05) is 0 Å². The van der Waals surface area contributed by atoms with Crippen molar-refractivity contribution in [1.29, 1.82) is 0 Å². The second-order valence-electron chi connectivity index (χ2n) is 11.9. The molecule has 0 N–H and O–H groups in total. The van der Waals surface area contributed by atoms with Gasteiger partial charge < -0.3 is 28.4 Å². The highest BCUT2D eigenvalue weighted by Crippen LogP contribution is 2.30. The van der Waals surface area contributed by atoms with Crippen LogP contribution in [0.25, 0.3) is 0 Å².